The molecule has 0 radical (unpaired) electrons. The Morgan fingerprint density at radius 2 is 2.00 bits per heavy atom. The lowest BCUT2D eigenvalue weighted by Gasteiger charge is -2.22. The third kappa shape index (κ3) is 4.03. The second-order valence-corrected chi connectivity index (χ2v) is 7.35. The topological polar surface area (TPSA) is 80.3 Å². The number of hydrogen-bond donors (Lipinski definition) is 2. The van der Waals surface area contributed by atoms with E-state index in [0.29, 0.717) is 27.9 Å². The molecule has 6 nitrogen and oxygen atoms in total. The lowest BCUT2D eigenvalue weighted by molar-refractivity contribution is 0.0468. The zero-order valence-electron chi connectivity index (χ0n) is 15.1. The Kier molecular flexibility index (Phi) is 5.33. The Labute approximate surface area is 166 Å². The number of nitrogens with one attached hydrogen (secondary N) is 1. The third-order valence-corrected chi connectivity index (χ3v) is 4.99. The van der Waals surface area contributed by atoms with Gasteiger partial charge in [0, 0.05) is 5.02 Å². The van der Waals surface area contributed by atoms with Crippen LogP contribution in [0.3, 0.4) is 0 Å². The lowest BCUT2D eigenvalue weighted by Crippen LogP contribution is -2.31. The summed E-state index contributed by atoms with van der Waals surface area (Å²) < 4.78 is 6.64. The largest absolute Gasteiger partial charge is 0.463 e. The van der Waals surface area contributed by atoms with Crippen LogP contribution in [-0.2, 0) is 5.60 Å². The maximum Gasteiger partial charge on any atom is 0.292 e. The summed E-state index contributed by atoms with van der Waals surface area (Å²) in [5, 5.41) is 18.2. The fourth-order valence-corrected chi connectivity index (χ4v) is 2.90. The molecule has 0 fully saturated rings. The summed E-state index contributed by atoms with van der Waals surface area (Å²) in [5.74, 6) is 1.11. The normalized spacial score (nSPS) is 13.4. The van der Waals surface area contributed by atoms with Crippen LogP contribution in [0.25, 0.3) is 5.69 Å². The maximum atomic E-state index is 12.6. The molecule has 0 aliphatic rings. The fourth-order valence-electron chi connectivity index (χ4n) is 2.53. The molecule has 0 aliphatic heterocycles. The van der Waals surface area contributed by atoms with Crippen molar-refractivity contribution in [3.05, 3.63) is 74.0 Å². The highest BCUT2D eigenvalue weighted by molar-refractivity contribution is 6.33. The predicted molar refractivity (Wildman–Crippen MR) is 106 cm³/mol. The van der Waals surface area contributed by atoms with Gasteiger partial charge in [-0.25, -0.2) is 0 Å². The van der Waals surface area contributed by atoms with E-state index in [2.05, 4.69) is 10.4 Å². The standard InChI is InChI=1S/C19H19Cl2N3O3/c1-11-4-6-13(8-14(11)20)24-18(25)17(21)15(9-23-24)22-10-19(3,26)16-7-5-12(2)27-16/h4-9,22,26H,10H2,1-3H3. The van der Waals surface area contributed by atoms with E-state index in [0.717, 1.165) is 5.56 Å². The third-order valence-electron chi connectivity index (χ3n) is 4.21. The maximum absolute atomic E-state index is 12.6. The average molecular weight is 408 g/mol. The van der Waals surface area contributed by atoms with E-state index in [1.165, 1.54) is 10.9 Å². The molecule has 0 amide bonds. The fraction of sp³-hybridized carbons (Fsp3) is 0.263. The van der Waals surface area contributed by atoms with Gasteiger partial charge in [-0.3, -0.25) is 4.79 Å². The molecule has 142 valence electrons. The zero-order valence-corrected chi connectivity index (χ0v) is 16.6. The van der Waals surface area contributed by atoms with Crippen LogP contribution in [-0.4, -0.2) is 21.4 Å². The van der Waals surface area contributed by atoms with Crippen LogP contribution in [0.2, 0.25) is 10.0 Å². The van der Waals surface area contributed by atoms with Crippen molar-refractivity contribution in [1.29, 1.82) is 0 Å². The van der Waals surface area contributed by atoms with Gasteiger partial charge in [-0.2, -0.15) is 9.78 Å². The quantitative estimate of drug-likeness (QED) is 0.666. The molecule has 0 saturated carbocycles. The Morgan fingerprint density at radius 3 is 2.63 bits per heavy atom. The average Bonchev–Trinajstić information content (AvgIpc) is 3.06. The van der Waals surface area contributed by atoms with Crippen LogP contribution in [0, 0.1) is 13.8 Å². The first-order valence-electron chi connectivity index (χ1n) is 8.26. The van der Waals surface area contributed by atoms with Crippen LogP contribution in [0.15, 0.2) is 45.7 Å². The second-order valence-electron chi connectivity index (χ2n) is 6.56. The minimum absolute atomic E-state index is 0.0341. The number of aliphatic hydroxyl groups is 1. The highest BCUT2D eigenvalue weighted by Gasteiger charge is 2.27. The smallest absolute Gasteiger partial charge is 0.292 e. The van der Waals surface area contributed by atoms with Gasteiger partial charge in [0.15, 0.2) is 0 Å². The Balaban J connectivity index is 1.85. The number of anilines is 1. The van der Waals surface area contributed by atoms with E-state index in [1.807, 2.05) is 6.92 Å². The first-order valence-corrected chi connectivity index (χ1v) is 9.02. The van der Waals surface area contributed by atoms with E-state index in [1.54, 1.807) is 44.2 Å². The summed E-state index contributed by atoms with van der Waals surface area (Å²) in [5.41, 5.74) is -0.0400. The van der Waals surface area contributed by atoms with Gasteiger partial charge in [0.2, 0.25) is 0 Å². The van der Waals surface area contributed by atoms with Crippen molar-refractivity contribution in [3.63, 3.8) is 0 Å². The molecule has 2 aromatic heterocycles. The van der Waals surface area contributed by atoms with E-state index in [4.69, 9.17) is 27.6 Å². The molecule has 0 saturated heterocycles. The molecule has 3 aromatic rings. The van der Waals surface area contributed by atoms with Crippen molar-refractivity contribution < 1.29 is 9.52 Å². The molecular formula is C19H19Cl2N3O3. The SMILES string of the molecule is Cc1ccc(C(C)(O)CNc2cnn(-c3ccc(C)c(Cl)c3)c(=O)c2Cl)o1. The Hall–Kier alpha value is -2.28. The molecule has 1 atom stereocenters. The van der Waals surface area contributed by atoms with Crippen molar-refractivity contribution in [2.75, 3.05) is 11.9 Å². The number of furan rings is 1. The van der Waals surface area contributed by atoms with E-state index in [-0.39, 0.29) is 11.6 Å². The molecule has 8 heteroatoms. The summed E-state index contributed by atoms with van der Waals surface area (Å²) in [6, 6.07) is 8.67. The molecule has 0 spiro atoms. The summed E-state index contributed by atoms with van der Waals surface area (Å²) >= 11 is 12.3. The van der Waals surface area contributed by atoms with Crippen molar-refractivity contribution in [3.8, 4) is 5.69 Å². The number of nitrogens with zero attached hydrogens (tertiary/aromatic N) is 2. The molecule has 0 aliphatic carbocycles. The number of rotatable bonds is 5. The minimum atomic E-state index is -1.28. The van der Waals surface area contributed by atoms with Gasteiger partial charge in [0.1, 0.15) is 22.1 Å². The van der Waals surface area contributed by atoms with Crippen molar-refractivity contribution in [2.24, 2.45) is 0 Å². The Morgan fingerprint density at radius 1 is 1.26 bits per heavy atom. The van der Waals surface area contributed by atoms with E-state index in [9.17, 15) is 9.90 Å². The molecule has 1 aromatic carbocycles. The number of aromatic nitrogens is 2. The van der Waals surface area contributed by atoms with Crippen LogP contribution in [0.1, 0.15) is 24.0 Å². The number of halogens is 2. The van der Waals surface area contributed by atoms with Crippen LogP contribution < -0.4 is 10.9 Å². The van der Waals surface area contributed by atoms with E-state index >= 15 is 0 Å². The molecule has 3 rings (SSSR count). The molecule has 27 heavy (non-hydrogen) atoms. The van der Waals surface area contributed by atoms with Gasteiger partial charge in [-0.1, -0.05) is 29.3 Å². The van der Waals surface area contributed by atoms with Crippen molar-refractivity contribution >= 4 is 28.9 Å². The Bertz CT molecular complexity index is 1040. The highest BCUT2D eigenvalue weighted by Crippen LogP contribution is 2.25. The summed E-state index contributed by atoms with van der Waals surface area (Å²) in [4.78, 5) is 12.6. The van der Waals surface area contributed by atoms with Crippen LogP contribution in [0.5, 0.6) is 0 Å². The van der Waals surface area contributed by atoms with Gasteiger partial charge in [0.05, 0.1) is 24.1 Å². The second kappa shape index (κ2) is 7.38. The van der Waals surface area contributed by atoms with Gasteiger partial charge < -0.3 is 14.8 Å². The van der Waals surface area contributed by atoms with Gasteiger partial charge in [-0.15, -0.1) is 0 Å². The van der Waals surface area contributed by atoms with Crippen LogP contribution in [0.4, 0.5) is 5.69 Å². The van der Waals surface area contributed by atoms with Gasteiger partial charge in [-0.05, 0) is 50.6 Å². The van der Waals surface area contributed by atoms with Crippen molar-refractivity contribution in [2.45, 2.75) is 26.4 Å². The molecule has 0 bridgehead atoms. The zero-order chi connectivity index (χ0) is 19.8. The van der Waals surface area contributed by atoms with Gasteiger partial charge >= 0.3 is 0 Å². The summed E-state index contributed by atoms with van der Waals surface area (Å²) in [6.07, 6.45) is 1.43. The number of benzene rings is 1. The predicted octanol–water partition coefficient (Wildman–Crippen LogP) is 4.07. The number of aryl methyl sites for hydroxylation is 2. The lowest BCUT2D eigenvalue weighted by atomic mass is 10.0. The minimum Gasteiger partial charge on any atom is -0.463 e. The molecule has 1 unspecified atom stereocenters. The monoisotopic (exact) mass is 407 g/mol. The molecule has 2 heterocycles. The first-order chi connectivity index (χ1) is 12.7. The molecule has 2 N–H and O–H groups in total. The highest BCUT2D eigenvalue weighted by atomic mass is 35.5. The number of hydrogen-bond acceptors (Lipinski definition) is 5. The first kappa shape index (κ1) is 19.5. The summed E-state index contributed by atoms with van der Waals surface area (Å²) in [6.45, 7) is 5.36. The van der Waals surface area contributed by atoms with Gasteiger partial charge in [0.25, 0.3) is 5.56 Å². The van der Waals surface area contributed by atoms with Crippen LogP contribution >= 0.6 is 23.2 Å². The molecular weight excluding hydrogens is 389 g/mol. The van der Waals surface area contributed by atoms with Crippen molar-refractivity contribution in [1.82, 2.24) is 9.78 Å². The summed E-state index contributed by atoms with van der Waals surface area (Å²) in [7, 11) is 0. The van der Waals surface area contributed by atoms with E-state index < -0.39 is 11.2 Å².